The van der Waals surface area contributed by atoms with Crippen molar-refractivity contribution in [2.24, 2.45) is 0 Å². The molecule has 0 amide bonds. The lowest BCUT2D eigenvalue weighted by Crippen LogP contribution is -2.17. The highest BCUT2D eigenvalue weighted by atomic mass is 19.4. The van der Waals surface area contributed by atoms with Crippen LogP contribution in [0.5, 0.6) is 11.5 Å². The van der Waals surface area contributed by atoms with E-state index < -0.39 is 23.9 Å². The number of ether oxygens (including phenoxy) is 2. The number of rotatable bonds is 8. The predicted octanol–water partition coefficient (Wildman–Crippen LogP) is 7.02. The molecule has 0 saturated carbocycles. The highest BCUT2D eigenvalue weighted by Crippen LogP contribution is 2.38. The van der Waals surface area contributed by atoms with E-state index >= 15 is 0 Å². The summed E-state index contributed by atoms with van der Waals surface area (Å²) in [5, 5.41) is 5.87. The van der Waals surface area contributed by atoms with Crippen molar-refractivity contribution in [1.82, 2.24) is 9.97 Å². The number of anilines is 3. The average molecular weight is 500 g/mol. The first-order valence-corrected chi connectivity index (χ1v) is 10.4. The molecule has 12 heteroatoms. The van der Waals surface area contributed by atoms with Gasteiger partial charge in [0.1, 0.15) is 17.3 Å². The Morgan fingerprint density at radius 1 is 0.971 bits per heavy atom. The van der Waals surface area contributed by atoms with Crippen LogP contribution >= 0.6 is 0 Å². The van der Waals surface area contributed by atoms with Gasteiger partial charge in [-0.05, 0) is 43.7 Å². The van der Waals surface area contributed by atoms with Crippen LogP contribution in [0.25, 0.3) is 11.3 Å². The average Bonchev–Trinajstić information content (AvgIpc) is 2.77. The smallest absolute Gasteiger partial charge is 0.496 e. The Morgan fingerprint density at radius 2 is 1.71 bits per heavy atom. The Kier molecular flexibility index (Phi) is 7.61. The van der Waals surface area contributed by atoms with Crippen LogP contribution in [-0.2, 0) is 6.18 Å². The molecule has 0 aliphatic carbocycles. The minimum atomic E-state index is -4.87. The summed E-state index contributed by atoms with van der Waals surface area (Å²) >= 11 is 0. The zero-order valence-corrected chi connectivity index (χ0v) is 18.9. The van der Waals surface area contributed by atoms with Crippen molar-refractivity contribution in [2.75, 3.05) is 17.7 Å². The summed E-state index contributed by atoms with van der Waals surface area (Å²) in [4.78, 5) is 8.66. The minimum Gasteiger partial charge on any atom is -0.496 e. The van der Waals surface area contributed by atoms with Gasteiger partial charge in [0, 0.05) is 23.4 Å². The Morgan fingerprint density at radius 3 is 2.34 bits per heavy atom. The molecule has 0 spiro atoms. The Bertz CT molecular complexity index is 1170. The number of alkyl halides is 6. The molecule has 1 atom stereocenters. The molecular formula is C23H22F6N4O2. The number of methoxy groups -OCH3 is 1. The number of halogens is 6. The van der Waals surface area contributed by atoms with Crippen molar-refractivity contribution >= 4 is 17.5 Å². The molecule has 3 aromatic rings. The van der Waals surface area contributed by atoms with Gasteiger partial charge in [0.2, 0.25) is 5.95 Å². The van der Waals surface area contributed by atoms with Crippen molar-refractivity contribution in [2.45, 2.75) is 38.8 Å². The number of hydrogen-bond donors (Lipinski definition) is 2. The fourth-order valence-electron chi connectivity index (χ4n) is 3.05. The number of aromatic nitrogens is 2. The van der Waals surface area contributed by atoms with Crippen LogP contribution in [0.1, 0.15) is 25.8 Å². The molecule has 0 unspecified atom stereocenters. The van der Waals surface area contributed by atoms with Gasteiger partial charge in [-0.2, -0.15) is 18.2 Å². The van der Waals surface area contributed by atoms with Gasteiger partial charge in [0.25, 0.3) is 0 Å². The van der Waals surface area contributed by atoms with E-state index in [2.05, 4.69) is 25.3 Å². The maximum atomic E-state index is 13.4. The second-order valence-corrected chi connectivity index (χ2v) is 7.53. The van der Waals surface area contributed by atoms with Gasteiger partial charge in [-0.3, -0.25) is 0 Å². The lowest BCUT2D eigenvalue weighted by atomic mass is 10.1. The summed E-state index contributed by atoms with van der Waals surface area (Å²) in [5.41, 5.74) is -0.388. The van der Waals surface area contributed by atoms with Gasteiger partial charge in [-0.15, -0.1) is 13.2 Å². The molecule has 188 valence electrons. The number of nitrogens with one attached hydrogen (secondary N) is 2. The monoisotopic (exact) mass is 500 g/mol. The largest absolute Gasteiger partial charge is 0.573 e. The molecule has 0 bridgehead atoms. The first kappa shape index (κ1) is 25.9. The van der Waals surface area contributed by atoms with Crippen LogP contribution in [0.2, 0.25) is 0 Å². The molecule has 3 rings (SSSR count). The van der Waals surface area contributed by atoms with Crippen molar-refractivity contribution in [3.63, 3.8) is 0 Å². The fourth-order valence-corrected chi connectivity index (χ4v) is 3.05. The fraction of sp³-hybridized carbons (Fsp3) is 0.304. The number of benzene rings is 2. The lowest BCUT2D eigenvalue weighted by Gasteiger charge is -2.16. The maximum Gasteiger partial charge on any atom is 0.573 e. The van der Waals surface area contributed by atoms with E-state index in [4.69, 9.17) is 4.74 Å². The minimum absolute atomic E-state index is 0.0455. The van der Waals surface area contributed by atoms with Crippen LogP contribution in [-0.4, -0.2) is 29.5 Å². The van der Waals surface area contributed by atoms with Gasteiger partial charge in [0.05, 0.1) is 18.4 Å². The second kappa shape index (κ2) is 10.3. The topological polar surface area (TPSA) is 68.3 Å². The molecule has 0 aliphatic heterocycles. The van der Waals surface area contributed by atoms with E-state index in [1.54, 1.807) is 0 Å². The van der Waals surface area contributed by atoms with Crippen LogP contribution in [0.4, 0.5) is 43.8 Å². The van der Waals surface area contributed by atoms with E-state index in [1.807, 2.05) is 13.8 Å². The molecule has 35 heavy (non-hydrogen) atoms. The zero-order valence-electron chi connectivity index (χ0n) is 18.9. The van der Waals surface area contributed by atoms with Gasteiger partial charge in [-0.1, -0.05) is 19.1 Å². The van der Waals surface area contributed by atoms with Crippen molar-refractivity contribution in [3.05, 3.63) is 54.1 Å². The summed E-state index contributed by atoms with van der Waals surface area (Å²) in [6.07, 6.45) is -8.80. The van der Waals surface area contributed by atoms with Crippen molar-refractivity contribution in [1.29, 1.82) is 0 Å². The summed E-state index contributed by atoms with van der Waals surface area (Å²) < 4.78 is 86.9. The third kappa shape index (κ3) is 7.14. The zero-order chi connectivity index (χ0) is 25.8. The van der Waals surface area contributed by atoms with Gasteiger partial charge in [-0.25, -0.2) is 4.98 Å². The first-order valence-electron chi connectivity index (χ1n) is 10.4. The molecule has 2 aromatic carbocycles. The summed E-state index contributed by atoms with van der Waals surface area (Å²) in [7, 11) is 1.14. The summed E-state index contributed by atoms with van der Waals surface area (Å²) in [6.45, 7) is 3.80. The van der Waals surface area contributed by atoms with E-state index in [9.17, 15) is 26.3 Å². The lowest BCUT2D eigenvalue weighted by molar-refractivity contribution is -0.274. The van der Waals surface area contributed by atoms with Gasteiger partial charge >= 0.3 is 12.5 Å². The van der Waals surface area contributed by atoms with E-state index in [-0.39, 0.29) is 40.5 Å². The molecule has 6 nitrogen and oxygen atoms in total. The SMILES string of the molecule is CC[C@@H](C)Nc1nc(Nc2ccc(OC)c(C(F)(F)F)c2)cc(-c2cccc(OC(F)(F)F)c2)n1. The van der Waals surface area contributed by atoms with Gasteiger partial charge in [0.15, 0.2) is 0 Å². The third-order valence-corrected chi connectivity index (χ3v) is 4.85. The molecule has 2 N–H and O–H groups in total. The normalized spacial score (nSPS) is 12.7. The number of nitrogens with zero attached hydrogens (tertiary/aromatic N) is 2. The molecule has 0 saturated heterocycles. The third-order valence-electron chi connectivity index (χ3n) is 4.85. The Balaban J connectivity index is 2.02. The van der Waals surface area contributed by atoms with Crippen molar-refractivity contribution in [3.8, 4) is 22.8 Å². The Hall–Kier alpha value is -3.70. The number of hydrogen-bond acceptors (Lipinski definition) is 6. The van der Waals surface area contributed by atoms with Crippen LogP contribution in [0.15, 0.2) is 48.5 Å². The molecule has 1 heterocycles. The molecule has 0 radical (unpaired) electrons. The summed E-state index contributed by atoms with van der Waals surface area (Å²) in [6, 6.07) is 9.98. The van der Waals surface area contributed by atoms with Gasteiger partial charge < -0.3 is 20.1 Å². The van der Waals surface area contributed by atoms with Crippen LogP contribution in [0.3, 0.4) is 0 Å². The molecule has 1 aromatic heterocycles. The summed E-state index contributed by atoms with van der Waals surface area (Å²) in [5.74, 6) is -0.510. The van der Waals surface area contributed by atoms with E-state index in [1.165, 1.54) is 30.3 Å². The van der Waals surface area contributed by atoms with E-state index in [0.29, 0.717) is 0 Å². The standard InChI is InChI=1S/C23H22F6N4O2/c1-4-13(2)30-21-32-18(14-6-5-7-16(10-14)35-23(27,28)29)12-20(33-21)31-15-8-9-19(34-3)17(11-15)22(24,25)26/h5-13H,4H2,1-3H3,(H2,30,31,32,33)/t13-/m1/s1. The Labute approximate surface area is 197 Å². The van der Waals surface area contributed by atoms with Crippen LogP contribution < -0.4 is 20.1 Å². The highest BCUT2D eigenvalue weighted by Gasteiger charge is 2.34. The van der Waals surface area contributed by atoms with Crippen LogP contribution in [0, 0.1) is 0 Å². The predicted molar refractivity (Wildman–Crippen MR) is 119 cm³/mol. The maximum absolute atomic E-state index is 13.4. The van der Waals surface area contributed by atoms with Crippen molar-refractivity contribution < 1.29 is 35.8 Å². The second-order valence-electron chi connectivity index (χ2n) is 7.53. The molecular weight excluding hydrogens is 478 g/mol. The highest BCUT2D eigenvalue weighted by molar-refractivity contribution is 5.69. The quantitative estimate of drug-likeness (QED) is 0.324. The molecule has 0 aliphatic rings. The molecule has 0 fully saturated rings. The van der Waals surface area contributed by atoms with E-state index in [0.717, 1.165) is 31.7 Å². The first-order chi connectivity index (χ1) is 16.4.